The van der Waals surface area contributed by atoms with Crippen molar-refractivity contribution in [2.45, 2.75) is 52.5 Å². The fourth-order valence-corrected chi connectivity index (χ4v) is 5.24. The highest BCUT2D eigenvalue weighted by Gasteiger charge is 2.27. The number of anilines is 1. The van der Waals surface area contributed by atoms with E-state index in [9.17, 15) is 9.59 Å². The number of hydrogen-bond donors (Lipinski definition) is 3. The molecule has 3 rings (SSSR count). The highest BCUT2D eigenvalue weighted by Crippen LogP contribution is 2.38. The maximum Gasteiger partial charge on any atom is 0.280 e. The summed E-state index contributed by atoms with van der Waals surface area (Å²) in [7, 11) is 0. The molecule has 0 aliphatic heterocycles. The molecule has 2 aromatic rings. The highest BCUT2D eigenvalue weighted by molar-refractivity contribution is 7.17. The minimum absolute atomic E-state index is 0.0988. The molecule has 0 bridgehead atoms. The second kappa shape index (κ2) is 8.88. The summed E-state index contributed by atoms with van der Waals surface area (Å²) in [6.07, 6.45) is 3.91. The number of carbonyl (C=O) groups excluding carboxylic acids is 2. The first-order valence-electron chi connectivity index (χ1n) is 10.1. The normalized spacial score (nSPS) is 14.1. The molecule has 1 aromatic heterocycles. The number of rotatable bonds is 8. The van der Waals surface area contributed by atoms with Gasteiger partial charge in [-0.05, 0) is 36.8 Å². The van der Waals surface area contributed by atoms with Crippen LogP contribution in [0.25, 0.3) is 0 Å². The number of quaternary nitrogens is 1. The van der Waals surface area contributed by atoms with Gasteiger partial charge >= 0.3 is 0 Å². The molecule has 0 spiro atoms. The smallest absolute Gasteiger partial charge is 0.280 e. The first-order valence-corrected chi connectivity index (χ1v) is 10.9. The zero-order valence-electron chi connectivity index (χ0n) is 16.9. The van der Waals surface area contributed by atoms with Crippen LogP contribution in [0.3, 0.4) is 0 Å². The number of hydrogen-bond acceptors (Lipinski definition) is 3. The van der Waals surface area contributed by atoms with Gasteiger partial charge in [0.15, 0.2) is 6.54 Å². The Kier molecular flexibility index (Phi) is 6.52. The quantitative estimate of drug-likeness (QED) is 0.636. The molecule has 6 heteroatoms. The molecular weight excluding hydrogens is 370 g/mol. The van der Waals surface area contributed by atoms with E-state index in [1.54, 1.807) is 0 Å². The van der Waals surface area contributed by atoms with Crippen LogP contribution in [-0.4, -0.2) is 18.4 Å². The first kappa shape index (κ1) is 20.6. The summed E-state index contributed by atoms with van der Waals surface area (Å²) in [5, 5.41) is 5.62. The number of fused-ring (bicyclic) bond motifs is 1. The van der Waals surface area contributed by atoms with Crippen molar-refractivity contribution in [3.8, 4) is 0 Å². The van der Waals surface area contributed by atoms with E-state index in [0.29, 0.717) is 23.0 Å². The lowest BCUT2D eigenvalue weighted by molar-refractivity contribution is -0.692. The third kappa shape index (κ3) is 4.45. The molecule has 5 N–H and O–H groups in total. The van der Waals surface area contributed by atoms with Crippen molar-refractivity contribution in [2.75, 3.05) is 11.9 Å². The predicted molar refractivity (Wildman–Crippen MR) is 114 cm³/mol. The maximum atomic E-state index is 12.6. The zero-order valence-corrected chi connectivity index (χ0v) is 17.7. The number of carbonyl (C=O) groups is 2. The third-order valence-corrected chi connectivity index (χ3v) is 6.68. The summed E-state index contributed by atoms with van der Waals surface area (Å²) in [4.78, 5) is 25.7. The van der Waals surface area contributed by atoms with Gasteiger partial charge in [0.05, 0.1) is 5.56 Å². The Bertz CT molecular complexity index is 855. The number of aryl methyl sites for hydroxylation is 2. The van der Waals surface area contributed by atoms with Crippen LogP contribution >= 0.6 is 11.3 Å². The van der Waals surface area contributed by atoms with Gasteiger partial charge in [0.1, 0.15) is 11.0 Å². The summed E-state index contributed by atoms with van der Waals surface area (Å²) in [5.41, 5.74) is 9.67. The number of amides is 2. The molecule has 1 heterocycles. The van der Waals surface area contributed by atoms with Gasteiger partial charge in [-0.15, -0.1) is 11.3 Å². The van der Waals surface area contributed by atoms with Gasteiger partial charge in [0.25, 0.3) is 11.8 Å². The lowest BCUT2D eigenvalue weighted by Gasteiger charge is -2.19. The van der Waals surface area contributed by atoms with Crippen molar-refractivity contribution in [1.29, 1.82) is 0 Å². The Balaban J connectivity index is 1.66. The second-order valence-corrected chi connectivity index (χ2v) is 8.88. The molecule has 1 atom stereocenters. The average molecular weight is 401 g/mol. The minimum atomic E-state index is -0.449. The molecule has 1 aliphatic carbocycles. The second-order valence-electron chi connectivity index (χ2n) is 7.78. The van der Waals surface area contributed by atoms with Crippen LogP contribution in [0.15, 0.2) is 24.3 Å². The van der Waals surface area contributed by atoms with E-state index in [2.05, 4.69) is 55.7 Å². The molecule has 28 heavy (non-hydrogen) atoms. The fraction of sp³-hybridized carbons (Fsp3) is 0.455. The number of thiophene rings is 1. The molecule has 1 aromatic carbocycles. The average Bonchev–Trinajstić information content (AvgIpc) is 3.22. The molecule has 5 nitrogen and oxygen atoms in total. The monoisotopic (exact) mass is 400 g/mol. The highest BCUT2D eigenvalue weighted by atomic mass is 32.1. The number of primary amides is 1. The molecule has 0 unspecified atom stereocenters. The Hall–Kier alpha value is -2.18. The van der Waals surface area contributed by atoms with E-state index in [1.165, 1.54) is 27.3 Å². The minimum Gasteiger partial charge on any atom is -0.365 e. The van der Waals surface area contributed by atoms with E-state index < -0.39 is 5.91 Å². The van der Waals surface area contributed by atoms with Crippen molar-refractivity contribution in [1.82, 2.24) is 0 Å². The SMILES string of the molecule is CCc1ccc([C@H]([NH2+]CC(=O)Nc2sc3c(c2C(N)=O)CCC3)C(C)C)cc1. The predicted octanol–water partition coefficient (Wildman–Crippen LogP) is 2.80. The molecule has 0 radical (unpaired) electrons. The first-order chi connectivity index (χ1) is 13.4. The van der Waals surface area contributed by atoms with Crippen molar-refractivity contribution in [2.24, 2.45) is 11.7 Å². The van der Waals surface area contributed by atoms with Gasteiger partial charge in [0, 0.05) is 16.4 Å². The van der Waals surface area contributed by atoms with E-state index in [4.69, 9.17) is 5.73 Å². The molecule has 0 saturated carbocycles. The van der Waals surface area contributed by atoms with Gasteiger partial charge in [-0.1, -0.05) is 45.0 Å². The lowest BCUT2D eigenvalue weighted by Crippen LogP contribution is -2.88. The van der Waals surface area contributed by atoms with Crippen molar-refractivity contribution < 1.29 is 14.9 Å². The molecule has 0 saturated heterocycles. The van der Waals surface area contributed by atoms with Crippen LogP contribution < -0.4 is 16.4 Å². The standard InChI is InChI=1S/C22H29N3O2S/c1-4-14-8-10-15(11-9-14)20(13(2)3)24-12-18(26)25-22-19(21(23)27)16-6-5-7-17(16)28-22/h8-11,13,20,24H,4-7,12H2,1-3H3,(H2,23,27)(H,25,26)/p+1/t20-/m1/s1. The molecular formula is C22H30N3O2S+. The summed E-state index contributed by atoms with van der Waals surface area (Å²) in [6.45, 7) is 6.79. The number of nitrogens with one attached hydrogen (secondary N) is 1. The van der Waals surface area contributed by atoms with Crippen LogP contribution in [0.1, 0.15) is 65.2 Å². The molecule has 0 fully saturated rings. The van der Waals surface area contributed by atoms with Crippen molar-refractivity contribution >= 4 is 28.2 Å². The lowest BCUT2D eigenvalue weighted by atomic mass is 9.95. The van der Waals surface area contributed by atoms with Crippen molar-refractivity contribution in [3.05, 3.63) is 51.4 Å². The van der Waals surface area contributed by atoms with Crippen LogP contribution in [0, 0.1) is 5.92 Å². The summed E-state index contributed by atoms with van der Waals surface area (Å²) in [6, 6.07) is 8.84. The largest absolute Gasteiger partial charge is 0.365 e. The van der Waals surface area contributed by atoms with E-state index in [0.717, 1.165) is 31.2 Å². The van der Waals surface area contributed by atoms with Crippen LogP contribution in [-0.2, 0) is 24.1 Å². The zero-order chi connectivity index (χ0) is 20.3. The van der Waals surface area contributed by atoms with E-state index in [-0.39, 0.29) is 11.9 Å². The Morgan fingerprint density at radius 1 is 1.21 bits per heavy atom. The van der Waals surface area contributed by atoms with E-state index >= 15 is 0 Å². The number of benzene rings is 1. The Labute approximate surface area is 170 Å². The van der Waals surface area contributed by atoms with Crippen LogP contribution in [0.4, 0.5) is 5.00 Å². The van der Waals surface area contributed by atoms with Gasteiger partial charge in [0.2, 0.25) is 0 Å². The van der Waals surface area contributed by atoms with Crippen LogP contribution in [0.2, 0.25) is 0 Å². The van der Waals surface area contributed by atoms with E-state index in [1.807, 2.05) is 0 Å². The maximum absolute atomic E-state index is 12.6. The van der Waals surface area contributed by atoms with Crippen LogP contribution in [0.5, 0.6) is 0 Å². The summed E-state index contributed by atoms with van der Waals surface area (Å²) >= 11 is 1.50. The molecule has 2 amide bonds. The fourth-order valence-electron chi connectivity index (χ4n) is 3.93. The Morgan fingerprint density at radius 2 is 1.93 bits per heavy atom. The topological polar surface area (TPSA) is 88.8 Å². The molecule has 1 aliphatic rings. The van der Waals surface area contributed by atoms with Gasteiger partial charge in [-0.25, -0.2) is 0 Å². The van der Waals surface area contributed by atoms with Crippen molar-refractivity contribution in [3.63, 3.8) is 0 Å². The number of nitrogens with two attached hydrogens (primary N) is 2. The van der Waals surface area contributed by atoms with Gasteiger partial charge < -0.3 is 16.4 Å². The Morgan fingerprint density at radius 3 is 2.54 bits per heavy atom. The third-order valence-electron chi connectivity index (χ3n) is 5.47. The summed E-state index contributed by atoms with van der Waals surface area (Å²) < 4.78 is 0. The molecule has 150 valence electrons. The van der Waals surface area contributed by atoms with Gasteiger partial charge in [-0.3, -0.25) is 9.59 Å². The van der Waals surface area contributed by atoms with Gasteiger partial charge in [-0.2, -0.15) is 0 Å². The summed E-state index contributed by atoms with van der Waals surface area (Å²) in [5.74, 6) is -0.153.